The van der Waals surface area contributed by atoms with Crippen molar-refractivity contribution in [3.8, 4) is 0 Å². The number of hydrogen-bond acceptors (Lipinski definition) is 1. The van der Waals surface area contributed by atoms with Crippen molar-refractivity contribution in [1.29, 1.82) is 0 Å². The highest BCUT2D eigenvalue weighted by Gasteiger charge is 2.24. The molecule has 1 aliphatic carbocycles. The third kappa shape index (κ3) is 3.56. The Balaban J connectivity index is 2.16. The van der Waals surface area contributed by atoms with Gasteiger partial charge in [-0.25, -0.2) is 0 Å². The second-order valence-electron chi connectivity index (χ2n) is 5.13. The first-order valence-electron chi connectivity index (χ1n) is 6.77. The fraction of sp³-hybridized carbons (Fsp3) is 0.600. The molecule has 2 heteroatoms. The van der Waals surface area contributed by atoms with E-state index in [0.717, 1.165) is 18.4 Å². The lowest BCUT2D eigenvalue weighted by Gasteiger charge is -2.25. The first kappa shape index (κ1) is 13.1. The van der Waals surface area contributed by atoms with E-state index >= 15 is 0 Å². The van der Waals surface area contributed by atoms with Crippen molar-refractivity contribution < 1.29 is 0 Å². The molecule has 1 fully saturated rings. The molecule has 0 aromatic heterocycles. The lowest BCUT2D eigenvalue weighted by Crippen LogP contribution is -2.16. The van der Waals surface area contributed by atoms with Crippen molar-refractivity contribution >= 4 is 15.9 Å². The third-order valence-corrected chi connectivity index (χ3v) is 4.52. The molecule has 1 aromatic rings. The Hall–Kier alpha value is -0.340. The number of nitrogens with two attached hydrogens (primary N) is 1. The van der Waals surface area contributed by atoms with E-state index in [9.17, 15) is 0 Å². The predicted molar refractivity (Wildman–Crippen MR) is 77.1 cm³/mol. The summed E-state index contributed by atoms with van der Waals surface area (Å²) in [5.74, 6) is 1.53. The molecule has 0 radical (unpaired) electrons. The highest BCUT2D eigenvalue weighted by molar-refractivity contribution is 9.10. The summed E-state index contributed by atoms with van der Waals surface area (Å²) in [5, 5.41) is 0. The second kappa shape index (κ2) is 6.55. The fourth-order valence-electron chi connectivity index (χ4n) is 3.09. The minimum Gasteiger partial charge on any atom is -0.330 e. The van der Waals surface area contributed by atoms with Gasteiger partial charge in [-0.3, -0.25) is 0 Å². The molecule has 2 N–H and O–H groups in total. The minimum absolute atomic E-state index is 0.731. The summed E-state index contributed by atoms with van der Waals surface area (Å²) in [5.41, 5.74) is 7.28. The van der Waals surface area contributed by atoms with Crippen LogP contribution >= 0.6 is 15.9 Å². The molecule has 1 aromatic carbocycles. The van der Waals surface area contributed by atoms with Gasteiger partial charge in [0.1, 0.15) is 0 Å². The van der Waals surface area contributed by atoms with E-state index in [1.165, 1.54) is 48.6 Å². The normalized spacial score (nSPS) is 25.5. The number of halogens is 1. The standard InChI is InChI=1S/C15H22BrN/c16-14-8-6-13(7-9-14)15-5-3-1-2-4-12(15)10-11-17/h6-9,12,15H,1-5,10-11,17H2. The SMILES string of the molecule is NCCC1CCCCCC1c1ccc(Br)cc1. The molecule has 17 heavy (non-hydrogen) atoms. The lowest BCUT2D eigenvalue weighted by molar-refractivity contribution is 0.378. The zero-order chi connectivity index (χ0) is 12.1. The number of rotatable bonds is 3. The Labute approximate surface area is 113 Å². The summed E-state index contributed by atoms with van der Waals surface area (Å²) in [6.07, 6.45) is 8.04. The zero-order valence-electron chi connectivity index (χ0n) is 10.4. The van der Waals surface area contributed by atoms with Gasteiger partial charge in [0.25, 0.3) is 0 Å². The summed E-state index contributed by atoms with van der Waals surface area (Å²) >= 11 is 3.51. The van der Waals surface area contributed by atoms with E-state index in [-0.39, 0.29) is 0 Å². The van der Waals surface area contributed by atoms with Gasteiger partial charge in [0.05, 0.1) is 0 Å². The van der Waals surface area contributed by atoms with E-state index in [0.29, 0.717) is 0 Å². The van der Waals surface area contributed by atoms with Crippen LogP contribution in [0.5, 0.6) is 0 Å². The molecular formula is C15H22BrN. The van der Waals surface area contributed by atoms with Crippen molar-refractivity contribution in [2.75, 3.05) is 6.54 Å². The fourth-order valence-corrected chi connectivity index (χ4v) is 3.36. The summed E-state index contributed by atoms with van der Waals surface area (Å²) < 4.78 is 1.17. The van der Waals surface area contributed by atoms with Crippen LogP contribution in [0.3, 0.4) is 0 Å². The van der Waals surface area contributed by atoms with Crippen LogP contribution in [0.4, 0.5) is 0 Å². The predicted octanol–water partition coefficient (Wildman–Crippen LogP) is 4.46. The van der Waals surface area contributed by atoms with Gasteiger partial charge in [0.15, 0.2) is 0 Å². The molecule has 0 bridgehead atoms. The molecule has 2 atom stereocenters. The van der Waals surface area contributed by atoms with Crippen LogP contribution in [0.25, 0.3) is 0 Å². The van der Waals surface area contributed by atoms with Gasteiger partial charge in [0, 0.05) is 4.47 Å². The molecule has 1 aliphatic rings. The molecule has 1 saturated carbocycles. The Bertz CT molecular complexity index is 333. The van der Waals surface area contributed by atoms with Crippen LogP contribution in [0, 0.1) is 5.92 Å². The summed E-state index contributed by atoms with van der Waals surface area (Å²) in [7, 11) is 0. The zero-order valence-corrected chi connectivity index (χ0v) is 12.0. The van der Waals surface area contributed by atoms with Crippen LogP contribution in [0.15, 0.2) is 28.7 Å². The monoisotopic (exact) mass is 295 g/mol. The average molecular weight is 296 g/mol. The number of hydrogen-bond donors (Lipinski definition) is 1. The van der Waals surface area contributed by atoms with Gasteiger partial charge < -0.3 is 5.73 Å². The van der Waals surface area contributed by atoms with E-state index in [1.54, 1.807) is 0 Å². The highest BCUT2D eigenvalue weighted by Crippen LogP contribution is 2.38. The molecule has 0 amide bonds. The minimum atomic E-state index is 0.731. The molecule has 0 saturated heterocycles. The summed E-state index contributed by atoms with van der Waals surface area (Å²) in [6.45, 7) is 0.831. The smallest absolute Gasteiger partial charge is 0.0175 e. The van der Waals surface area contributed by atoms with Gasteiger partial charge in [-0.1, -0.05) is 47.3 Å². The van der Waals surface area contributed by atoms with Gasteiger partial charge in [-0.2, -0.15) is 0 Å². The Morgan fingerprint density at radius 1 is 1.06 bits per heavy atom. The van der Waals surface area contributed by atoms with E-state index in [2.05, 4.69) is 40.2 Å². The molecule has 1 nitrogen and oxygen atoms in total. The van der Waals surface area contributed by atoms with Crippen LogP contribution in [-0.2, 0) is 0 Å². The summed E-state index contributed by atoms with van der Waals surface area (Å²) in [6, 6.07) is 8.90. The van der Waals surface area contributed by atoms with Gasteiger partial charge in [0.2, 0.25) is 0 Å². The van der Waals surface area contributed by atoms with Crippen molar-refractivity contribution in [3.05, 3.63) is 34.3 Å². The molecule has 0 aliphatic heterocycles. The summed E-state index contributed by atoms with van der Waals surface area (Å²) in [4.78, 5) is 0. The van der Waals surface area contributed by atoms with Gasteiger partial charge in [-0.15, -0.1) is 0 Å². The average Bonchev–Trinajstić information content (AvgIpc) is 2.56. The van der Waals surface area contributed by atoms with Crippen molar-refractivity contribution in [2.24, 2.45) is 11.7 Å². The van der Waals surface area contributed by atoms with Crippen LogP contribution < -0.4 is 5.73 Å². The molecule has 0 spiro atoms. The quantitative estimate of drug-likeness (QED) is 0.819. The third-order valence-electron chi connectivity index (χ3n) is 3.99. The van der Waals surface area contributed by atoms with Crippen LogP contribution in [-0.4, -0.2) is 6.54 Å². The second-order valence-corrected chi connectivity index (χ2v) is 6.05. The highest BCUT2D eigenvalue weighted by atomic mass is 79.9. The Morgan fingerprint density at radius 3 is 2.47 bits per heavy atom. The van der Waals surface area contributed by atoms with Gasteiger partial charge in [-0.05, 0) is 55.3 Å². The van der Waals surface area contributed by atoms with Crippen LogP contribution in [0.2, 0.25) is 0 Å². The van der Waals surface area contributed by atoms with E-state index < -0.39 is 0 Å². The number of benzene rings is 1. The van der Waals surface area contributed by atoms with Crippen molar-refractivity contribution in [1.82, 2.24) is 0 Å². The van der Waals surface area contributed by atoms with E-state index in [4.69, 9.17) is 5.73 Å². The largest absolute Gasteiger partial charge is 0.330 e. The topological polar surface area (TPSA) is 26.0 Å². The maximum absolute atomic E-state index is 5.77. The maximum atomic E-state index is 5.77. The van der Waals surface area contributed by atoms with Crippen molar-refractivity contribution in [3.63, 3.8) is 0 Å². The Morgan fingerprint density at radius 2 is 1.76 bits per heavy atom. The molecule has 94 valence electrons. The lowest BCUT2D eigenvalue weighted by atomic mass is 9.80. The van der Waals surface area contributed by atoms with Crippen LogP contribution in [0.1, 0.15) is 50.0 Å². The first-order chi connectivity index (χ1) is 8.31. The van der Waals surface area contributed by atoms with Crippen molar-refractivity contribution in [2.45, 2.75) is 44.4 Å². The molecule has 0 heterocycles. The van der Waals surface area contributed by atoms with Gasteiger partial charge >= 0.3 is 0 Å². The molecule has 2 unspecified atom stereocenters. The molecular weight excluding hydrogens is 274 g/mol. The first-order valence-corrected chi connectivity index (χ1v) is 7.56. The maximum Gasteiger partial charge on any atom is 0.0175 e. The Kier molecular flexibility index (Phi) is 5.05. The molecule has 2 rings (SSSR count). The van der Waals surface area contributed by atoms with E-state index in [1.807, 2.05) is 0 Å².